The molecule has 3 aromatic rings. The zero-order valence-electron chi connectivity index (χ0n) is 11.7. The molecule has 0 atom stereocenters. The van der Waals surface area contributed by atoms with Gasteiger partial charge in [0.1, 0.15) is 5.82 Å². The normalized spacial score (nSPS) is 10.5. The van der Waals surface area contributed by atoms with Crippen molar-refractivity contribution in [2.24, 2.45) is 0 Å². The van der Waals surface area contributed by atoms with Gasteiger partial charge in [0, 0.05) is 11.8 Å². The molecule has 2 aromatic carbocycles. The minimum atomic E-state index is -0.370. The van der Waals surface area contributed by atoms with Crippen LogP contribution < -0.4 is 11.4 Å². The van der Waals surface area contributed by atoms with Crippen LogP contribution in [-0.2, 0) is 0 Å². The van der Waals surface area contributed by atoms with Crippen LogP contribution in [0.5, 0.6) is 0 Å². The Balaban J connectivity index is 2.02. The fourth-order valence-corrected chi connectivity index (χ4v) is 2.19. The highest BCUT2D eigenvalue weighted by Crippen LogP contribution is 2.20. The van der Waals surface area contributed by atoms with E-state index in [0.717, 1.165) is 22.4 Å². The maximum atomic E-state index is 11.9. The van der Waals surface area contributed by atoms with E-state index in [4.69, 9.17) is 5.73 Å². The molecular formula is C17H15N3O. The third kappa shape index (κ3) is 2.56. The van der Waals surface area contributed by atoms with Crippen molar-refractivity contribution >= 4 is 5.82 Å². The minimum absolute atomic E-state index is 0.275. The smallest absolute Gasteiger partial charge is 0.354 e. The van der Waals surface area contributed by atoms with Crippen LogP contribution in [0.25, 0.3) is 16.8 Å². The predicted molar refractivity (Wildman–Crippen MR) is 84.4 cm³/mol. The molecule has 2 N–H and O–H groups in total. The van der Waals surface area contributed by atoms with Gasteiger partial charge in [0.15, 0.2) is 0 Å². The fourth-order valence-electron chi connectivity index (χ4n) is 2.19. The van der Waals surface area contributed by atoms with E-state index in [1.807, 2.05) is 49.4 Å². The first-order valence-electron chi connectivity index (χ1n) is 6.67. The Hall–Kier alpha value is -2.88. The summed E-state index contributed by atoms with van der Waals surface area (Å²) in [5, 5.41) is 0. The lowest BCUT2D eigenvalue weighted by atomic mass is 10.1. The highest BCUT2D eigenvalue weighted by Gasteiger charge is 2.05. The Morgan fingerprint density at radius 3 is 2.24 bits per heavy atom. The van der Waals surface area contributed by atoms with Crippen LogP contribution in [0.2, 0.25) is 0 Å². The molecule has 0 spiro atoms. The van der Waals surface area contributed by atoms with E-state index in [1.54, 1.807) is 6.20 Å². The molecule has 0 unspecified atom stereocenters. The maximum Gasteiger partial charge on any atom is 0.354 e. The van der Waals surface area contributed by atoms with E-state index in [2.05, 4.69) is 17.1 Å². The monoisotopic (exact) mass is 277 g/mol. The van der Waals surface area contributed by atoms with Gasteiger partial charge < -0.3 is 5.73 Å². The van der Waals surface area contributed by atoms with Crippen LogP contribution in [0, 0.1) is 6.92 Å². The highest BCUT2D eigenvalue weighted by molar-refractivity contribution is 5.64. The lowest BCUT2D eigenvalue weighted by Gasteiger charge is -2.08. The summed E-state index contributed by atoms with van der Waals surface area (Å²) in [6.07, 6.45) is 1.71. The van der Waals surface area contributed by atoms with Crippen LogP contribution in [0.4, 0.5) is 5.82 Å². The second-order valence-corrected chi connectivity index (χ2v) is 4.87. The van der Waals surface area contributed by atoms with E-state index >= 15 is 0 Å². The Labute approximate surface area is 122 Å². The Morgan fingerprint density at radius 2 is 1.57 bits per heavy atom. The lowest BCUT2D eigenvalue weighted by molar-refractivity contribution is 0.907. The molecule has 0 saturated carbocycles. The molecule has 3 rings (SSSR count). The van der Waals surface area contributed by atoms with Crippen molar-refractivity contribution in [2.45, 2.75) is 6.92 Å². The average Bonchev–Trinajstić information content (AvgIpc) is 2.52. The van der Waals surface area contributed by atoms with Gasteiger partial charge in [0.2, 0.25) is 0 Å². The summed E-state index contributed by atoms with van der Waals surface area (Å²) in [6.45, 7) is 1.83. The minimum Gasteiger partial charge on any atom is -0.383 e. The number of hydrogen-bond acceptors (Lipinski definition) is 3. The Kier molecular flexibility index (Phi) is 3.28. The Bertz CT molecular complexity index is 821. The average molecular weight is 277 g/mol. The molecular weight excluding hydrogens is 262 g/mol. The van der Waals surface area contributed by atoms with Crippen molar-refractivity contribution in [1.29, 1.82) is 0 Å². The molecule has 0 bridgehead atoms. The summed E-state index contributed by atoms with van der Waals surface area (Å²) < 4.78 is 1.50. The van der Waals surface area contributed by atoms with Crippen LogP contribution in [0.15, 0.2) is 65.6 Å². The predicted octanol–water partition coefficient (Wildman–Crippen LogP) is 2.79. The zero-order chi connectivity index (χ0) is 14.8. The molecule has 0 aliphatic carbocycles. The molecule has 0 saturated heterocycles. The highest BCUT2D eigenvalue weighted by atomic mass is 16.1. The number of rotatable bonds is 2. The molecule has 0 fully saturated rings. The standard InChI is InChI=1S/C17H15N3O/c1-12-11-20(17(21)19-16(12)18)15-9-7-14(8-10-15)13-5-3-2-4-6-13/h2-11H,1H3,(H2,18,19,21). The molecule has 4 heteroatoms. The zero-order valence-corrected chi connectivity index (χ0v) is 11.7. The first-order chi connectivity index (χ1) is 10.1. The SMILES string of the molecule is Cc1cn(-c2ccc(-c3ccccc3)cc2)c(=O)nc1N. The van der Waals surface area contributed by atoms with E-state index in [9.17, 15) is 4.79 Å². The summed E-state index contributed by atoms with van der Waals surface area (Å²) in [5.41, 5.74) is 9.07. The second kappa shape index (κ2) is 5.25. The topological polar surface area (TPSA) is 60.9 Å². The van der Waals surface area contributed by atoms with Gasteiger partial charge in [-0.25, -0.2) is 4.79 Å². The third-order valence-corrected chi connectivity index (χ3v) is 3.40. The maximum absolute atomic E-state index is 11.9. The van der Waals surface area contributed by atoms with Gasteiger partial charge in [-0.15, -0.1) is 0 Å². The van der Waals surface area contributed by atoms with Gasteiger partial charge in [0.25, 0.3) is 0 Å². The van der Waals surface area contributed by atoms with Crippen LogP contribution in [0.1, 0.15) is 5.56 Å². The van der Waals surface area contributed by atoms with Crippen LogP contribution >= 0.6 is 0 Å². The largest absolute Gasteiger partial charge is 0.383 e. The molecule has 0 radical (unpaired) electrons. The van der Waals surface area contributed by atoms with Crippen molar-refractivity contribution < 1.29 is 0 Å². The van der Waals surface area contributed by atoms with E-state index in [0.29, 0.717) is 0 Å². The number of nitrogens with two attached hydrogens (primary N) is 1. The first kappa shape index (κ1) is 13.1. The van der Waals surface area contributed by atoms with E-state index in [1.165, 1.54) is 4.57 Å². The number of aryl methyl sites for hydroxylation is 1. The van der Waals surface area contributed by atoms with E-state index in [-0.39, 0.29) is 11.5 Å². The van der Waals surface area contributed by atoms with Gasteiger partial charge in [0.05, 0.1) is 5.69 Å². The van der Waals surface area contributed by atoms with Gasteiger partial charge in [-0.05, 0) is 30.2 Å². The van der Waals surface area contributed by atoms with Crippen molar-refractivity contribution in [3.05, 3.63) is 76.8 Å². The summed E-state index contributed by atoms with van der Waals surface area (Å²) >= 11 is 0. The Morgan fingerprint density at radius 1 is 0.952 bits per heavy atom. The summed E-state index contributed by atoms with van der Waals surface area (Å²) in [5.74, 6) is 0.275. The number of nitrogen functional groups attached to an aromatic ring is 1. The molecule has 104 valence electrons. The molecule has 0 aliphatic rings. The number of anilines is 1. The number of nitrogens with zero attached hydrogens (tertiary/aromatic N) is 2. The summed E-state index contributed by atoms with van der Waals surface area (Å²) in [7, 11) is 0. The first-order valence-corrected chi connectivity index (χ1v) is 6.67. The quantitative estimate of drug-likeness (QED) is 0.783. The van der Waals surface area contributed by atoms with Crippen molar-refractivity contribution in [2.75, 3.05) is 5.73 Å². The fraction of sp³-hybridized carbons (Fsp3) is 0.0588. The van der Waals surface area contributed by atoms with Gasteiger partial charge in [-0.3, -0.25) is 4.57 Å². The molecule has 1 heterocycles. The van der Waals surface area contributed by atoms with Crippen LogP contribution in [-0.4, -0.2) is 9.55 Å². The van der Waals surface area contributed by atoms with Crippen molar-refractivity contribution in [3.63, 3.8) is 0 Å². The summed E-state index contributed by atoms with van der Waals surface area (Å²) in [6, 6.07) is 17.9. The van der Waals surface area contributed by atoms with Crippen molar-refractivity contribution in [3.8, 4) is 16.8 Å². The number of aromatic nitrogens is 2. The summed E-state index contributed by atoms with van der Waals surface area (Å²) in [4.78, 5) is 15.7. The molecule has 1 aromatic heterocycles. The van der Waals surface area contributed by atoms with E-state index < -0.39 is 0 Å². The number of benzene rings is 2. The lowest BCUT2D eigenvalue weighted by Crippen LogP contribution is -2.22. The molecule has 0 aliphatic heterocycles. The third-order valence-electron chi connectivity index (χ3n) is 3.40. The number of hydrogen-bond donors (Lipinski definition) is 1. The second-order valence-electron chi connectivity index (χ2n) is 4.87. The van der Waals surface area contributed by atoms with Gasteiger partial charge in [-0.1, -0.05) is 42.5 Å². The molecule has 4 nitrogen and oxygen atoms in total. The van der Waals surface area contributed by atoms with Crippen molar-refractivity contribution in [1.82, 2.24) is 9.55 Å². The molecule has 0 amide bonds. The van der Waals surface area contributed by atoms with Gasteiger partial charge >= 0.3 is 5.69 Å². The molecule has 21 heavy (non-hydrogen) atoms. The van der Waals surface area contributed by atoms with Crippen LogP contribution in [0.3, 0.4) is 0 Å². The van der Waals surface area contributed by atoms with Gasteiger partial charge in [-0.2, -0.15) is 4.98 Å².